The number of carbonyl (C=O) groups excluding carboxylic acids is 4. The minimum absolute atomic E-state index is 0.0924. The van der Waals surface area contributed by atoms with Crippen molar-refractivity contribution in [1.82, 2.24) is 26.0 Å². The molecule has 0 spiro atoms. The second kappa shape index (κ2) is 13.5. The maximum absolute atomic E-state index is 13.2. The van der Waals surface area contributed by atoms with Gasteiger partial charge in [-0.3, -0.25) is 29.9 Å². The number of benzene rings is 2. The molecule has 10 heteroatoms. The van der Waals surface area contributed by atoms with E-state index in [4.69, 9.17) is 0 Å². The Morgan fingerprint density at radius 3 is 2.39 bits per heavy atom. The molecule has 0 saturated carbocycles. The number of nitrogens with zero attached hydrogens (tertiary/aromatic N) is 3. The Hall–Kier alpha value is -3.76. The summed E-state index contributed by atoms with van der Waals surface area (Å²) in [5, 5.41) is 2.39. The number of likely N-dealkylation sites (tertiary alicyclic amines) is 1. The summed E-state index contributed by atoms with van der Waals surface area (Å²) in [5.74, 6) is 0.343. The molecule has 4 heterocycles. The van der Waals surface area contributed by atoms with Crippen LogP contribution in [0.4, 0.5) is 5.69 Å². The van der Waals surface area contributed by atoms with Crippen molar-refractivity contribution < 1.29 is 19.2 Å². The Bertz CT molecular complexity index is 1380. The fourth-order valence-electron chi connectivity index (χ4n) is 7.28. The van der Waals surface area contributed by atoms with Crippen LogP contribution in [-0.2, 0) is 16.1 Å². The molecule has 3 fully saturated rings. The number of carbonyl (C=O) groups is 4. The molecule has 1 unspecified atom stereocenters. The lowest BCUT2D eigenvalue weighted by Crippen LogP contribution is -2.52. The molecular weight excluding hydrogens is 556 g/mol. The van der Waals surface area contributed by atoms with Crippen molar-refractivity contribution in [3.05, 3.63) is 64.7 Å². The molecule has 2 aromatic carbocycles. The summed E-state index contributed by atoms with van der Waals surface area (Å²) >= 11 is 0. The topological polar surface area (TPSA) is 114 Å². The van der Waals surface area contributed by atoms with Crippen LogP contribution < -0.4 is 21.1 Å². The van der Waals surface area contributed by atoms with Crippen molar-refractivity contribution in [1.29, 1.82) is 0 Å². The molecule has 4 aliphatic heterocycles. The van der Waals surface area contributed by atoms with Crippen LogP contribution in [0.5, 0.6) is 0 Å². The van der Waals surface area contributed by atoms with Gasteiger partial charge in [-0.1, -0.05) is 25.1 Å². The fraction of sp³-hybridized carbons (Fsp3) is 0.529. The third-order valence-corrected chi connectivity index (χ3v) is 9.84. The number of rotatable bonds is 9. The molecule has 234 valence electrons. The Labute approximate surface area is 259 Å². The largest absolute Gasteiger partial charge is 0.371 e. The summed E-state index contributed by atoms with van der Waals surface area (Å²) < 4.78 is 0. The number of nitrogens with one attached hydrogen (secondary N) is 3. The maximum atomic E-state index is 13.2. The van der Waals surface area contributed by atoms with E-state index >= 15 is 0 Å². The van der Waals surface area contributed by atoms with Crippen LogP contribution in [0.1, 0.15) is 89.6 Å². The number of hydrogen-bond donors (Lipinski definition) is 3. The molecular formula is C34H44N6O4. The normalized spacial score (nSPS) is 21.8. The monoisotopic (exact) mass is 600 g/mol. The van der Waals surface area contributed by atoms with Crippen molar-refractivity contribution >= 4 is 29.3 Å². The molecule has 1 atom stereocenters. The molecule has 0 aromatic heterocycles. The lowest BCUT2D eigenvalue weighted by atomic mass is 9.88. The third-order valence-electron chi connectivity index (χ3n) is 9.84. The van der Waals surface area contributed by atoms with Gasteiger partial charge in [0.05, 0.1) is 0 Å². The van der Waals surface area contributed by atoms with Crippen molar-refractivity contribution in [2.24, 2.45) is 5.92 Å². The second-order valence-corrected chi connectivity index (χ2v) is 12.7. The minimum atomic E-state index is -0.589. The average molecular weight is 601 g/mol. The minimum Gasteiger partial charge on any atom is -0.371 e. The number of amides is 4. The summed E-state index contributed by atoms with van der Waals surface area (Å²) in [6.45, 7) is 8.46. The Morgan fingerprint density at radius 2 is 1.68 bits per heavy atom. The molecule has 0 bridgehead atoms. The third kappa shape index (κ3) is 6.51. The molecule has 3 N–H and O–H groups in total. The van der Waals surface area contributed by atoms with Gasteiger partial charge >= 0.3 is 0 Å². The van der Waals surface area contributed by atoms with Crippen LogP contribution in [0.15, 0.2) is 42.5 Å². The highest BCUT2D eigenvalue weighted by Gasteiger charge is 2.40. The number of piperidine rings is 3. The number of fused-ring (bicyclic) bond motifs is 1. The van der Waals surface area contributed by atoms with Crippen LogP contribution >= 0.6 is 0 Å². The molecule has 44 heavy (non-hydrogen) atoms. The van der Waals surface area contributed by atoms with E-state index < -0.39 is 6.04 Å². The van der Waals surface area contributed by atoms with Crippen LogP contribution in [-0.4, -0.2) is 78.7 Å². The summed E-state index contributed by atoms with van der Waals surface area (Å²) in [6, 6.07) is 13.4. The predicted molar refractivity (Wildman–Crippen MR) is 168 cm³/mol. The van der Waals surface area contributed by atoms with Crippen molar-refractivity contribution in [3.8, 4) is 0 Å². The molecule has 10 nitrogen and oxygen atoms in total. The first-order valence-corrected chi connectivity index (χ1v) is 16.3. The smallest absolute Gasteiger partial charge is 0.265 e. The molecule has 4 aliphatic rings. The zero-order chi connectivity index (χ0) is 30.6. The van der Waals surface area contributed by atoms with Gasteiger partial charge in [0.15, 0.2) is 0 Å². The van der Waals surface area contributed by atoms with Gasteiger partial charge in [-0.05, 0) is 93.3 Å². The quantitative estimate of drug-likeness (QED) is 0.230. The first-order chi connectivity index (χ1) is 21.4. The zero-order valence-electron chi connectivity index (χ0n) is 25.6. The van der Waals surface area contributed by atoms with E-state index in [1.807, 2.05) is 24.3 Å². The van der Waals surface area contributed by atoms with E-state index in [1.165, 1.54) is 5.56 Å². The lowest BCUT2D eigenvalue weighted by molar-refractivity contribution is -0.136. The van der Waals surface area contributed by atoms with Gasteiger partial charge in [0, 0.05) is 61.5 Å². The number of hydrogen-bond acceptors (Lipinski definition) is 7. The van der Waals surface area contributed by atoms with Crippen LogP contribution in [0.2, 0.25) is 0 Å². The standard InChI is InChI=1S/C34H44N6O4/c1-2-16-35-37-32(42)26-8-6-24(7-9-26)25-14-17-38(18-15-25)21-23-12-19-39(20-13-23)29-5-3-4-27-28(29)22-40(34(27)44)30-10-11-31(41)36-33(30)43/h3-9,23,25,30,35H,2,10-22H2,1H3,(H,37,42)(H,36,41,43). The van der Waals surface area contributed by atoms with E-state index in [2.05, 4.69) is 51.1 Å². The van der Waals surface area contributed by atoms with Gasteiger partial charge in [-0.25, -0.2) is 5.43 Å². The van der Waals surface area contributed by atoms with Crippen molar-refractivity contribution in [3.63, 3.8) is 0 Å². The van der Waals surface area contributed by atoms with E-state index in [-0.39, 0.29) is 30.0 Å². The molecule has 4 amide bonds. The summed E-state index contributed by atoms with van der Waals surface area (Å²) in [7, 11) is 0. The van der Waals surface area contributed by atoms with Crippen molar-refractivity contribution in [2.45, 2.75) is 70.4 Å². The lowest BCUT2D eigenvalue weighted by Gasteiger charge is -2.39. The van der Waals surface area contributed by atoms with Gasteiger partial charge in [0.1, 0.15) is 6.04 Å². The van der Waals surface area contributed by atoms with E-state index in [1.54, 1.807) is 4.90 Å². The van der Waals surface area contributed by atoms with Crippen LogP contribution in [0, 0.1) is 5.92 Å². The highest BCUT2D eigenvalue weighted by atomic mass is 16.2. The SMILES string of the molecule is CCCNNC(=O)c1ccc(C2CCN(CC3CCN(c4cccc5c4CN(C4CCC(=O)NC4=O)C5=O)CC3)CC2)cc1. The highest BCUT2D eigenvalue weighted by molar-refractivity contribution is 6.06. The van der Waals surface area contributed by atoms with E-state index in [9.17, 15) is 19.2 Å². The Balaban J connectivity index is 0.975. The molecule has 0 aliphatic carbocycles. The first kappa shape index (κ1) is 30.3. The van der Waals surface area contributed by atoms with Gasteiger partial charge in [-0.2, -0.15) is 0 Å². The second-order valence-electron chi connectivity index (χ2n) is 12.7. The first-order valence-electron chi connectivity index (χ1n) is 16.3. The van der Waals surface area contributed by atoms with Gasteiger partial charge in [0.25, 0.3) is 11.8 Å². The van der Waals surface area contributed by atoms with Gasteiger partial charge < -0.3 is 14.7 Å². The van der Waals surface area contributed by atoms with Gasteiger partial charge in [-0.15, -0.1) is 0 Å². The van der Waals surface area contributed by atoms with E-state index in [0.717, 1.165) is 82.6 Å². The van der Waals surface area contributed by atoms with E-state index in [0.29, 0.717) is 35.9 Å². The van der Waals surface area contributed by atoms with Crippen LogP contribution in [0.3, 0.4) is 0 Å². The number of imide groups is 1. The maximum Gasteiger partial charge on any atom is 0.265 e. The summed E-state index contributed by atoms with van der Waals surface area (Å²) in [4.78, 5) is 56.3. The molecule has 3 saturated heterocycles. The molecule has 6 rings (SSSR count). The highest BCUT2D eigenvalue weighted by Crippen LogP contribution is 2.36. The zero-order valence-corrected chi connectivity index (χ0v) is 25.6. The average Bonchev–Trinajstić information content (AvgIpc) is 3.38. The Kier molecular flexibility index (Phi) is 9.28. The Morgan fingerprint density at radius 1 is 0.932 bits per heavy atom. The van der Waals surface area contributed by atoms with Gasteiger partial charge in [0.2, 0.25) is 11.8 Å². The fourth-order valence-corrected chi connectivity index (χ4v) is 7.28. The summed E-state index contributed by atoms with van der Waals surface area (Å²) in [6.07, 6.45) is 6.11. The molecule has 0 radical (unpaired) electrons. The molecule has 2 aromatic rings. The number of anilines is 1. The van der Waals surface area contributed by atoms with Crippen LogP contribution in [0.25, 0.3) is 0 Å². The van der Waals surface area contributed by atoms with Crippen molar-refractivity contribution in [2.75, 3.05) is 44.2 Å². The summed E-state index contributed by atoms with van der Waals surface area (Å²) in [5.41, 5.74) is 10.5. The predicted octanol–water partition coefficient (Wildman–Crippen LogP) is 3.19. The number of hydrazine groups is 1.